The van der Waals surface area contributed by atoms with Gasteiger partial charge in [-0.2, -0.15) is 5.10 Å². The minimum Gasteiger partial charge on any atom is -0.336 e. The molecule has 1 aliphatic heterocycles. The number of benzene rings is 1. The number of para-hydroxylation sites is 1. The van der Waals surface area contributed by atoms with Crippen LogP contribution in [0.15, 0.2) is 42.9 Å². The van der Waals surface area contributed by atoms with Crippen LogP contribution in [0.2, 0.25) is 0 Å². The molecule has 1 atom stereocenters. The smallest absolute Gasteiger partial charge is 0.275 e. The van der Waals surface area contributed by atoms with E-state index in [1.807, 2.05) is 17.8 Å². The number of hydrogen-bond donors (Lipinski definition) is 1. The second kappa shape index (κ2) is 6.92. The van der Waals surface area contributed by atoms with Gasteiger partial charge in [-0.05, 0) is 18.2 Å². The minimum atomic E-state index is -0.745. The van der Waals surface area contributed by atoms with Crippen molar-refractivity contribution in [3.63, 3.8) is 0 Å². The molecule has 0 saturated carbocycles. The molecule has 0 spiro atoms. The van der Waals surface area contributed by atoms with Crippen molar-refractivity contribution in [2.24, 2.45) is 7.05 Å². The van der Waals surface area contributed by atoms with Gasteiger partial charge in [0.15, 0.2) is 17.3 Å². The van der Waals surface area contributed by atoms with Crippen LogP contribution in [0.4, 0.5) is 8.78 Å². The quantitative estimate of drug-likeness (QED) is 0.760. The summed E-state index contributed by atoms with van der Waals surface area (Å²) in [4.78, 5) is 19.1. The van der Waals surface area contributed by atoms with Gasteiger partial charge in [0.2, 0.25) is 0 Å². The number of halogens is 2. The molecule has 0 aliphatic carbocycles. The maximum atomic E-state index is 14.0. The van der Waals surface area contributed by atoms with E-state index in [2.05, 4.69) is 15.4 Å². The highest BCUT2D eigenvalue weighted by Gasteiger charge is 2.32. The second-order valence-electron chi connectivity index (χ2n) is 6.33. The van der Waals surface area contributed by atoms with E-state index in [0.29, 0.717) is 19.6 Å². The highest BCUT2D eigenvalue weighted by Crippen LogP contribution is 2.23. The Labute approximate surface area is 154 Å². The van der Waals surface area contributed by atoms with Crippen LogP contribution in [0, 0.1) is 11.6 Å². The van der Waals surface area contributed by atoms with Gasteiger partial charge in [0.05, 0.1) is 0 Å². The van der Waals surface area contributed by atoms with E-state index in [0.717, 1.165) is 22.6 Å². The molecule has 1 unspecified atom stereocenters. The zero-order valence-corrected chi connectivity index (χ0v) is 14.6. The van der Waals surface area contributed by atoms with Gasteiger partial charge < -0.3 is 14.8 Å². The Morgan fingerprint density at radius 2 is 2.00 bits per heavy atom. The van der Waals surface area contributed by atoms with E-state index in [1.54, 1.807) is 11.1 Å². The molecule has 2 aromatic heterocycles. The molecule has 0 bridgehead atoms. The summed E-state index contributed by atoms with van der Waals surface area (Å²) in [7, 11) is 1.87. The topological polar surface area (TPSA) is 68.0 Å². The van der Waals surface area contributed by atoms with Crippen LogP contribution in [0.1, 0.15) is 22.4 Å². The van der Waals surface area contributed by atoms with E-state index in [4.69, 9.17) is 0 Å². The predicted octanol–water partition coefficient (Wildman–Crippen LogP) is 1.67. The number of nitrogens with one attached hydrogen (secondary N) is 1. The van der Waals surface area contributed by atoms with Crippen LogP contribution in [0.3, 0.4) is 0 Å². The summed E-state index contributed by atoms with van der Waals surface area (Å²) in [6, 6.07) is 4.79. The Morgan fingerprint density at radius 3 is 2.70 bits per heavy atom. The van der Waals surface area contributed by atoms with Gasteiger partial charge in [0, 0.05) is 45.3 Å². The standard InChI is InChI=1S/C18H18F2N6O/c1-24-9-7-22-17(24)15-11-21-6-10-25(15)18(27)14-5-8-26(23-14)16-12(19)3-2-4-13(16)20/h2-5,7-9,15,21H,6,10-11H2,1H3. The molecule has 9 heteroatoms. The summed E-state index contributed by atoms with van der Waals surface area (Å²) < 4.78 is 30.9. The molecule has 1 saturated heterocycles. The Morgan fingerprint density at radius 1 is 1.22 bits per heavy atom. The van der Waals surface area contributed by atoms with Gasteiger partial charge >= 0.3 is 0 Å². The Hall–Kier alpha value is -3.07. The van der Waals surface area contributed by atoms with Gasteiger partial charge in [0.1, 0.15) is 17.6 Å². The number of hydrogen-bond acceptors (Lipinski definition) is 4. The zero-order valence-electron chi connectivity index (χ0n) is 14.6. The van der Waals surface area contributed by atoms with Crippen molar-refractivity contribution in [2.75, 3.05) is 19.6 Å². The molecule has 1 amide bonds. The largest absolute Gasteiger partial charge is 0.336 e. The lowest BCUT2D eigenvalue weighted by atomic mass is 10.1. The molecule has 1 aliphatic rings. The Kier molecular flexibility index (Phi) is 4.44. The molecule has 1 aromatic carbocycles. The maximum absolute atomic E-state index is 14.0. The number of carbonyl (C=O) groups excluding carboxylic acids is 1. The number of aryl methyl sites for hydroxylation is 1. The van der Waals surface area contributed by atoms with Crippen LogP contribution >= 0.6 is 0 Å². The molecule has 1 fully saturated rings. The summed E-state index contributed by atoms with van der Waals surface area (Å²) >= 11 is 0. The molecule has 4 rings (SSSR count). The van der Waals surface area contributed by atoms with Crippen molar-refractivity contribution in [1.82, 2.24) is 29.5 Å². The first kappa shape index (κ1) is 17.3. The first-order chi connectivity index (χ1) is 13.1. The summed E-state index contributed by atoms with van der Waals surface area (Å²) in [6.07, 6.45) is 4.89. The molecule has 7 nitrogen and oxygen atoms in total. The fourth-order valence-corrected chi connectivity index (χ4v) is 3.29. The lowest BCUT2D eigenvalue weighted by molar-refractivity contribution is 0.0614. The molecular formula is C18H18F2N6O. The molecular weight excluding hydrogens is 354 g/mol. The third kappa shape index (κ3) is 3.10. The van der Waals surface area contributed by atoms with Crippen LogP contribution < -0.4 is 5.32 Å². The number of nitrogens with zero attached hydrogens (tertiary/aromatic N) is 5. The highest BCUT2D eigenvalue weighted by atomic mass is 19.1. The first-order valence-corrected chi connectivity index (χ1v) is 8.55. The number of carbonyl (C=O) groups is 1. The maximum Gasteiger partial charge on any atom is 0.275 e. The lowest BCUT2D eigenvalue weighted by Gasteiger charge is -2.35. The fourth-order valence-electron chi connectivity index (χ4n) is 3.29. The molecule has 27 heavy (non-hydrogen) atoms. The SMILES string of the molecule is Cn1ccnc1C1CNCCN1C(=O)c1ccn(-c2c(F)cccc2F)n1. The number of amides is 1. The van der Waals surface area contributed by atoms with Crippen LogP contribution in [0.25, 0.3) is 5.69 Å². The van der Waals surface area contributed by atoms with Crippen molar-refractivity contribution < 1.29 is 13.6 Å². The summed E-state index contributed by atoms with van der Waals surface area (Å²) in [5.74, 6) is -1.04. The number of rotatable bonds is 3. The van der Waals surface area contributed by atoms with Crippen molar-refractivity contribution in [2.45, 2.75) is 6.04 Å². The van der Waals surface area contributed by atoms with Crippen LogP contribution in [-0.2, 0) is 7.05 Å². The van der Waals surface area contributed by atoms with Gasteiger partial charge in [-0.15, -0.1) is 0 Å². The molecule has 3 aromatic rings. The van der Waals surface area contributed by atoms with E-state index < -0.39 is 11.6 Å². The van der Waals surface area contributed by atoms with Gasteiger partial charge in [-0.1, -0.05) is 6.07 Å². The molecule has 1 N–H and O–H groups in total. The van der Waals surface area contributed by atoms with Gasteiger partial charge in [-0.25, -0.2) is 18.4 Å². The van der Waals surface area contributed by atoms with Crippen molar-refractivity contribution in [3.05, 3.63) is 66.0 Å². The first-order valence-electron chi connectivity index (χ1n) is 8.55. The predicted molar refractivity (Wildman–Crippen MR) is 93.3 cm³/mol. The van der Waals surface area contributed by atoms with Gasteiger partial charge in [0.25, 0.3) is 5.91 Å². The minimum absolute atomic E-state index is 0.124. The van der Waals surface area contributed by atoms with Crippen molar-refractivity contribution >= 4 is 5.91 Å². The normalized spacial score (nSPS) is 17.3. The zero-order chi connectivity index (χ0) is 19.0. The molecule has 0 radical (unpaired) electrons. The summed E-state index contributed by atoms with van der Waals surface area (Å²) in [5.41, 5.74) is -0.184. The van der Waals surface area contributed by atoms with Crippen molar-refractivity contribution in [3.8, 4) is 5.69 Å². The van der Waals surface area contributed by atoms with Crippen molar-refractivity contribution in [1.29, 1.82) is 0 Å². The highest BCUT2D eigenvalue weighted by molar-refractivity contribution is 5.92. The van der Waals surface area contributed by atoms with E-state index in [9.17, 15) is 13.6 Å². The Balaban J connectivity index is 1.65. The summed E-state index contributed by atoms with van der Waals surface area (Å²) in [5, 5.41) is 7.37. The number of piperazine rings is 1. The average Bonchev–Trinajstić information content (AvgIpc) is 3.30. The third-order valence-electron chi connectivity index (χ3n) is 4.64. The molecule has 3 heterocycles. The van der Waals surface area contributed by atoms with E-state index in [1.165, 1.54) is 18.3 Å². The third-order valence-corrected chi connectivity index (χ3v) is 4.64. The van der Waals surface area contributed by atoms with E-state index >= 15 is 0 Å². The fraction of sp³-hybridized carbons (Fsp3) is 0.278. The van der Waals surface area contributed by atoms with Gasteiger partial charge in [-0.3, -0.25) is 4.79 Å². The Bertz CT molecular complexity index is 962. The number of imidazole rings is 1. The van der Waals surface area contributed by atoms with Crippen LogP contribution in [-0.4, -0.2) is 49.8 Å². The number of aromatic nitrogens is 4. The second-order valence-corrected chi connectivity index (χ2v) is 6.33. The monoisotopic (exact) mass is 372 g/mol. The molecule has 140 valence electrons. The lowest BCUT2D eigenvalue weighted by Crippen LogP contribution is -2.49. The van der Waals surface area contributed by atoms with Crippen LogP contribution in [0.5, 0.6) is 0 Å². The summed E-state index contributed by atoms with van der Waals surface area (Å²) in [6.45, 7) is 1.70. The van der Waals surface area contributed by atoms with E-state index in [-0.39, 0.29) is 23.3 Å². The average molecular weight is 372 g/mol.